The number of benzene rings is 1. The Balaban J connectivity index is 1.98. The third-order valence-corrected chi connectivity index (χ3v) is 4.07. The molecular formula is C20H23N5O2. The molecule has 0 radical (unpaired) electrons. The van der Waals surface area contributed by atoms with Gasteiger partial charge in [0.2, 0.25) is 0 Å². The highest BCUT2D eigenvalue weighted by molar-refractivity contribution is 5.92. The Labute approximate surface area is 158 Å². The van der Waals surface area contributed by atoms with E-state index in [1.54, 1.807) is 24.3 Å². The maximum absolute atomic E-state index is 12.3. The summed E-state index contributed by atoms with van der Waals surface area (Å²) in [6.07, 6.45) is 2.55. The first kappa shape index (κ1) is 18.6. The lowest BCUT2D eigenvalue weighted by molar-refractivity contribution is 0.246. The van der Waals surface area contributed by atoms with Crippen molar-refractivity contribution in [3.63, 3.8) is 0 Å². The minimum absolute atomic E-state index is 0.162. The number of nitrogens with one attached hydrogen (secondary N) is 1. The van der Waals surface area contributed by atoms with E-state index in [0.29, 0.717) is 30.1 Å². The van der Waals surface area contributed by atoms with Gasteiger partial charge in [-0.2, -0.15) is 0 Å². The number of nitrogens with zero attached hydrogens (tertiary/aromatic N) is 4. The van der Waals surface area contributed by atoms with Gasteiger partial charge in [-0.1, -0.05) is 6.92 Å². The largest absolute Gasteiger partial charge is 0.497 e. The Morgan fingerprint density at radius 1 is 1.11 bits per heavy atom. The number of ether oxygens (including phenoxy) is 1. The van der Waals surface area contributed by atoms with Gasteiger partial charge in [-0.05, 0) is 49.7 Å². The molecule has 3 rings (SSSR count). The number of urea groups is 1. The van der Waals surface area contributed by atoms with Crippen molar-refractivity contribution in [3.8, 4) is 17.0 Å². The predicted octanol–water partition coefficient (Wildman–Crippen LogP) is 3.65. The van der Waals surface area contributed by atoms with Crippen LogP contribution in [0.5, 0.6) is 5.75 Å². The van der Waals surface area contributed by atoms with E-state index in [4.69, 9.17) is 4.74 Å². The van der Waals surface area contributed by atoms with Crippen LogP contribution in [0.25, 0.3) is 22.4 Å². The molecule has 140 valence electrons. The first-order valence-corrected chi connectivity index (χ1v) is 8.99. The van der Waals surface area contributed by atoms with Crippen LogP contribution in [-0.2, 0) is 0 Å². The Bertz CT molecular complexity index is 927. The second-order valence-corrected chi connectivity index (χ2v) is 5.98. The number of pyridine rings is 1. The van der Waals surface area contributed by atoms with E-state index in [1.807, 2.05) is 44.2 Å². The van der Waals surface area contributed by atoms with Gasteiger partial charge in [0.05, 0.1) is 19.0 Å². The Hall–Kier alpha value is -3.22. The quantitative estimate of drug-likeness (QED) is 0.721. The summed E-state index contributed by atoms with van der Waals surface area (Å²) in [4.78, 5) is 27.6. The number of hydrogen-bond acceptors (Lipinski definition) is 5. The summed E-state index contributed by atoms with van der Waals surface area (Å²) in [5.41, 5.74) is 2.83. The van der Waals surface area contributed by atoms with Gasteiger partial charge in [-0.15, -0.1) is 0 Å². The zero-order valence-electron chi connectivity index (χ0n) is 15.8. The highest BCUT2D eigenvalue weighted by Gasteiger charge is 2.16. The van der Waals surface area contributed by atoms with Crippen LogP contribution in [-0.4, -0.2) is 41.2 Å². The van der Waals surface area contributed by atoms with Crippen LogP contribution in [0.2, 0.25) is 0 Å². The summed E-state index contributed by atoms with van der Waals surface area (Å²) in [7, 11) is 1.63. The summed E-state index contributed by atoms with van der Waals surface area (Å²) in [5.74, 6) is 1.35. The molecule has 0 spiro atoms. The van der Waals surface area contributed by atoms with Crippen molar-refractivity contribution in [3.05, 3.63) is 42.6 Å². The number of fused-ring (bicyclic) bond motifs is 1. The normalized spacial score (nSPS) is 10.6. The number of amides is 2. The van der Waals surface area contributed by atoms with Crippen LogP contribution in [0, 0.1) is 0 Å². The van der Waals surface area contributed by atoms with Gasteiger partial charge >= 0.3 is 6.03 Å². The van der Waals surface area contributed by atoms with Gasteiger partial charge in [0.15, 0.2) is 5.65 Å². The summed E-state index contributed by atoms with van der Waals surface area (Å²) in [6, 6.07) is 11.1. The molecule has 0 saturated heterocycles. The molecule has 7 heteroatoms. The lowest BCUT2D eigenvalue weighted by Gasteiger charge is -2.21. The number of anilines is 1. The summed E-state index contributed by atoms with van der Waals surface area (Å²) < 4.78 is 5.19. The Morgan fingerprint density at radius 3 is 2.56 bits per heavy atom. The average molecular weight is 365 g/mol. The molecule has 2 aromatic heterocycles. The molecule has 0 aliphatic rings. The van der Waals surface area contributed by atoms with E-state index < -0.39 is 0 Å². The van der Waals surface area contributed by atoms with Gasteiger partial charge in [-0.3, -0.25) is 9.88 Å². The second-order valence-electron chi connectivity index (χ2n) is 5.98. The zero-order chi connectivity index (χ0) is 19.2. The number of aromatic nitrogens is 3. The van der Waals surface area contributed by atoms with Gasteiger partial charge in [0, 0.05) is 18.7 Å². The number of hydrogen-bond donors (Lipinski definition) is 1. The molecule has 0 fully saturated rings. The summed E-state index contributed by atoms with van der Waals surface area (Å²) in [5, 5.41) is 2.82. The van der Waals surface area contributed by atoms with Crippen LogP contribution in [0.15, 0.2) is 42.6 Å². The number of carbonyl (C=O) groups is 1. The van der Waals surface area contributed by atoms with E-state index in [9.17, 15) is 4.79 Å². The lowest BCUT2D eigenvalue weighted by Crippen LogP contribution is -2.40. The number of methoxy groups -OCH3 is 1. The van der Waals surface area contributed by atoms with Crippen LogP contribution < -0.4 is 15.0 Å². The molecule has 2 amide bonds. The molecule has 1 aromatic carbocycles. The average Bonchev–Trinajstić information content (AvgIpc) is 2.71. The topological polar surface area (TPSA) is 80.2 Å². The van der Waals surface area contributed by atoms with Crippen molar-refractivity contribution in [2.75, 3.05) is 25.1 Å². The molecule has 27 heavy (non-hydrogen) atoms. The van der Waals surface area contributed by atoms with Crippen molar-refractivity contribution in [1.82, 2.24) is 20.3 Å². The van der Waals surface area contributed by atoms with E-state index in [1.165, 1.54) is 0 Å². The third-order valence-electron chi connectivity index (χ3n) is 4.07. The predicted molar refractivity (Wildman–Crippen MR) is 106 cm³/mol. The van der Waals surface area contributed by atoms with Gasteiger partial charge in [0.1, 0.15) is 17.1 Å². The molecule has 0 bridgehead atoms. The van der Waals surface area contributed by atoms with E-state index in [-0.39, 0.29) is 6.03 Å². The maximum Gasteiger partial charge on any atom is 0.323 e. The minimum atomic E-state index is -0.162. The lowest BCUT2D eigenvalue weighted by atomic mass is 10.1. The Morgan fingerprint density at radius 2 is 1.89 bits per heavy atom. The maximum atomic E-state index is 12.3. The fourth-order valence-corrected chi connectivity index (χ4v) is 2.73. The van der Waals surface area contributed by atoms with Gasteiger partial charge in [0.25, 0.3) is 0 Å². The number of carbonyl (C=O) groups excluding carboxylic acids is 1. The molecule has 0 saturated carbocycles. The standard InChI is InChI=1S/C20H23N5O2/c1-4-12-25(20(26)21-5-2)18-11-10-16-19(24-18)23-17(13-22-16)14-6-8-15(27-3)9-7-14/h6-11,13H,4-5,12H2,1-3H3,(H,21,26). The molecule has 2 heterocycles. The van der Waals surface area contributed by atoms with Crippen LogP contribution in [0.4, 0.5) is 10.6 Å². The molecule has 0 unspecified atom stereocenters. The molecule has 1 N–H and O–H groups in total. The Kier molecular flexibility index (Phi) is 5.80. The molecule has 7 nitrogen and oxygen atoms in total. The summed E-state index contributed by atoms with van der Waals surface area (Å²) in [6.45, 7) is 5.06. The monoisotopic (exact) mass is 365 g/mol. The van der Waals surface area contributed by atoms with Crippen LogP contribution in [0.3, 0.4) is 0 Å². The third kappa shape index (κ3) is 4.13. The van der Waals surface area contributed by atoms with Gasteiger partial charge < -0.3 is 10.1 Å². The second kappa shape index (κ2) is 8.44. The molecular weight excluding hydrogens is 342 g/mol. The van der Waals surface area contributed by atoms with Crippen molar-refractivity contribution in [1.29, 1.82) is 0 Å². The van der Waals surface area contributed by atoms with E-state index in [2.05, 4.69) is 20.3 Å². The molecule has 0 aliphatic heterocycles. The highest BCUT2D eigenvalue weighted by Crippen LogP contribution is 2.23. The first-order valence-electron chi connectivity index (χ1n) is 8.99. The fraction of sp³-hybridized carbons (Fsp3) is 0.300. The molecule has 3 aromatic rings. The van der Waals surface area contributed by atoms with Crippen molar-refractivity contribution in [2.45, 2.75) is 20.3 Å². The van der Waals surface area contributed by atoms with Crippen LogP contribution >= 0.6 is 0 Å². The summed E-state index contributed by atoms with van der Waals surface area (Å²) >= 11 is 0. The van der Waals surface area contributed by atoms with E-state index in [0.717, 1.165) is 23.4 Å². The zero-order valence-corrected chi connectivity index (χ0v) is 15.8. The minimum Gasteiger partial charge on any atom is -0.497 e. The van der Waals surface area contributed by atoms with Crippen LogP contribution in [0.1, 0.15) is 20.3 Å². The van der Waals surface area contributed by atoms with Crippen molar-refractivity contribution >= 4 is 23.0 Å². The van der Waals surface area contributed by atoms with Crippen molar-refractivity contribution in [2.24, 2.45) is 0 Å². The fourth-order valence-electron chi connectivity index (χ4n) is 2.73. The first-order chi connectivity index (χ1) is 13.2. The molecule has 0 atom stereocenters. The molecule has 0 aliphatic carbocycles. The SMILES string of the molecule is CCCN(C(=O)NCC)c1ccc2ncc(-c3ccc(OC)cc3)nc2n1. The van der Waals surface area contributed by atoms with E-state index >= 15 is 0 Å². The number of rotatable bonds is 6. The van der Waals surface area contributed by atoms with Crippen molar-refractivity contribution < 1.29 is 9.53 Å². The van der Waals surface area contributed by atoms with Gasteiger partial charge in [-0.25, -0.2) is 14.8 Å². The smallest absolute Gasteiger partial charge is 0.323 e. The highest BCUT2D eigenvalue weighted by atomic mass is 16.5.